The molecule has 1 unspecified atom stereocenters. The molecule has 2 rings (SSSR count). The van der Waals surface area contributed by atoms with Gasteiger partial charge in [-0.2, -0.15) is 8.42 Å². The van der Waals surface area contributed by atoms with Crippen molar-refractivity contribution >= 4 is 41.2 Å². The van der Waals surface area contributed by atoms with Crippen molar-refractivity contribution in [2.24, 2.45) is 3.77 Å². The lowest BCUT2D eigenvalue weighted by atomic mass is 10.4. The van der Waals surface area contributed by atoms with Crippen LogP contribution in [-0.4, -0.2) is 12.6 Å². The molecule has 20 heavy (non-hydrogen) atoms. The second-order valence-electron chi connectivity index (χ2n) is 3.77. The summed E-state index contributed by atoms with van der Waals surface area (Å²) in [5.41, 5.74) is 0. The lowest BCUT2D eigenvalue weighted by Crippen LogP contribution is -2.01. The van der Waals surface area contributed by atoms with Gasteiger partial charge in [0, 0.05) is 15.7 Å². The molecule has 8 heteroatoms. The standard InChI is InChI=1S/C12H9Cl2NO3S2/c13-10-6-8-11(9-7-10)19(14,16)15-20(17,18)12-4-2-1-3-5-12/h1-9H. The van der Waals surface area contributed by atoms with E-state index in [2.05, 4.69) is 3.77 Å². The van der Waals surface area contributed by atoms with Crippen LogP contribution in [0.2, 0.25) is 5.02 Å². The molecule has 2 aromatic carbocycles. The third-order valence-corrected chi connectivity index (χ3v) is 6.91. The summed E-state index contributed by atoms with van der Waals surface area (Å²) < 4.78 is 39.7. The quantitative estimate of drug-likeness (QED) is 0.793. The van der Waals surface area contributed by atoms with Gasteiger partial charge in [-0.15, -0.1) is 0 Å². The molecule has 0 aliphatic heterocycles. The number of hydrogen-bond acceptors (Lipinski definition) is 3. The van der Waals surface area contributed by atoms with Crippen LogP contribution in [0.4, 0.5) is 0 Å². The summed E-state index contributed by atoms with van der Waals surface area (Å²) in [6, 6.07) is 13.1. The Morgan fingerprint density at radius 3 is 1.90 bits per heavy atom. The van der Waals surface area contributed by atoms with Gasteiger partial charge in [-0.3, -0.25) is 0 Å². The van der Waals surface area contributed by atoms with E-state index in [1.165, 1.54) is 36.4 Å². The van der Waals surface area contributed by atoms with Crippen molar-refractivity contribution < 1.29 is 12.6 Å². The molecule has 0 heterocycles. The largest absolute Gasteiger partial charge is 0.291 e. The minimum atomic E-state index is -4.09. The Balaban J connectivity index is 2.54. The topological polar surface area (TPSA) is 63.6 Å². The molecule has 0 aliphatic carbocycles. The molecule has 0 amide bonds. The highest BCUT2D eigenvalue weighted by Crippen LogP contribution is 2.24. The number of halogens is 2. The van der Waals surface area contributed by atoms with Gasteiger partial charge in [-0.25, -0.2) is 4.21 Å². The Kier molecular flexibility index (Phi) is 4.39. The van der Waals surface area contributed by atoms with Crippen molar-refractivity contribution in [1.82, 2.24) is 0 Å². The lowest BCUT2D eigenvalue weighted by molar-refractivity contribution is 0.598. The number of rotatable bonds is 3. The summed E-state index contributed by atoms with van der Waals surface area (Å²) in [6.07, 6.45) is 0. The number of hydrogen-bond donors (Lipinski definition) is 0. The van der Waals surface area contributed by atoms with Crippen LogP contribution in [0.5, 0.6) is 0 Å². The van der Waals surface area contributed by atoms with Crippen molar-refractivity contribution in [3.05, 3.63) is 59.6 Å². The Morgan fingerprint density at radius 1 is 0.800 bits per heavy atom. The van der Waals surface area contributed by atoms with Crippen molar-refractivity contribution in [1.29, 1.82) is 0 Å². The molecule has 4 nitrogen and oxygen atoms in total. The van der Waals surface area contributed by atoms with Crippen molar-refractivity contribution in [2.45, 2.75) is 9.79 Å². The Bertz CT molecular complexity index is 825. The molecule has 0 bridgehead atoms. The maximum Gasteiger partial charge on any atom is 0.291 e. The highest BCUT2D eigenvalue weighted by Gasteiger charge is 2.18. The average molecular weight is 350 g/mol. The monoisotopic (exact) mass is 349 g/mol. The fraction of sp³-hybridized carbons (Fsp3) is 0. The van der Waals surface area contributed by atoms with Gasteiger partial charge >= 0.3 is 0 Å². The fourth-order valence-corrected chi connectivity index (χ4v) is 5.18. The van der Waals surface area contributed by atoms with E-state index in [1.54, 1.807) is 18.2 Å². The third-order valence-electron chi connectivity index (χ3n) is 2.34. The Labute approximate surface area is 127 Å². The molecular formula is C12H9Cl2NO3S2. The van der Waals surface area contributed by atoms with Crippen LogP contribution in [0.1, 0.15) is 0 Å². The molecular weight excluding hydrogens is 341 g/mol. The van der Waals surface area contributed by atoms with Crippen LogP contribution in [0, 0.1) is 0 Å². The van der Waals surface area contributed by atoms with E-state index in [0.717, 1.165) is 0 Å². The van der Waals surface area contributed by atoms with Crippen LogP contribution in [-0.2, 0) is 19.0 Å². The first-order valence-electron chi connectivity index (χ1n) is 5.35. The van der Waals surface area contributed by atoms with Gasteiger partial charge in [-0.05, 0) is 36.4 Å². The minimum absolute atomic E-state index is 0.0673. The van der Waals surface area contributed by atoms with Gasteiger partial charge in [0.1, 0.15) is 0 Å². The summed E-state index contributed by atoms with van der Waals surface area (Å²) in [6.45, 7) is 0. The summed E-state index contributed by atoms with van der Waals surface area (Å²) in [7, 11) is -1.89. The molecule has 0 saturated carbocycles. The third kappa shape index (κ3) is 3.52. The van der Waals surface area contributed by atoms with Gasteiger partial charge in [0.05, 0.1) is 9.79 Å². The van der Waals surface area contributed by atoms with Crippen LogP contribution >= 0.6 is 22.3 Å². The summed E-state index contributed by atoms with van der Waals surface area (Å²) >= 11 is 5.71. The molecule has 106 valence electrons. The molecule has 0 saturated heterocycles. The number of sulfonamides is 1. The normalized spacial score (nSPS) is 14.5. The van der Waals surface area contributed by atoms with E-state index in [0.29, 0.717) is 5.02 Å². The van der Waals surface area contributed by atoms with E-state index in [-0.39, 0.29) is 9.79 Å². The number of benzene rings is 2. The zero-order valence-electron chi connectivity index (χ0n) is 9.94. The van der Waals surface area contributed by atoms with Crippen molar-refractivity contribution in [3.8, 4) is 0 Å². The van der Waals surface area contributed by atoms with Gasteiger partial charge in [-0.1, -0.05) is 33.6 Å². The molecule has 1 atom stereocenters. The fourth-order valence-electron chi connectivity index (χ4n) is 1.41. The van der Waals surface area contributed by atoms with Crippen LogP contribution in [0.3, 0.4) is 0 Å². The Morgan fingerprint density at radius 2 is 1.35 bits per heavy atom. The zero-order chi connectivity index (χ0) is 14.8. The second-order valence-corrected chi connectivity index (χ2v) is 8.87. The van der Waals surface area contributed by atoms with Crippen molar-refractivity contribution in [3.63, 3.8) is 0 Å². The smallest absolute Gasteiger partial charge is 0.227 e. The zero-order valence-corrected chi connectivity index (χ0v) is 13.1. The lowest BCUT2D eigenvalue weighted by Gasteiger charge is -2.03. The molecule has 0 spiro atoms. The first-order valence-corrected chi connectivity index (χ1v) is 9.51. The summed E-state index contributed by atoms with van der Waals surface area (Å²) in [5, 5.41) is 0.423. The molecule has 2 aromatic rings. The highest BCUT2D eigenvalue weighted by molar-refractivity contribution is 8.19. The summed E-state index contributed by atoms with van der Waals surface area (Å²) in [5.74, 6) is 0. The molecule has 0 N–H and O–H groups in total. The van der Waals surface area contributed by atoms with Crippen LogP contribution in [0.25, 0.3) is 0 Å². The van der Waals surface area contributed by atoms with Crippen molar-refractivity contribution in [2.75, 3.05) is 0 Å². The SMILES string of the molecule is O=S(=O)(N=S(=O)(Cl)c1ccc(Cl)cc1)c1ccccc1. The van der Waals surface area contributed by atoms with Gasteiger partial charge in [0.25, 0.3) is 10.0 Å². The van der Waals surface area contributed by atoms with E-state index in [9.17, 15) is 12.6 Å². The first kappa shape index (κ1) is 15.3. The average Bonchev–Trinajstić information content (AvgIpc) is 2.39. The van der Waals surface area contributed by atoms with E-state index in [4.69, 9.17) is 22.3 Å². The highest BCUT2D eigenvalue weighted by atomic mass is 35.7. The predicted molar refractivity (Wildman–Crippen MR) is 79.8 cm³/mol. The predicted octanol–water partition coefficient (Wildman–Crippen LogP) is 3.71. The summed E-state index contributed by atoms with van der Waals surface area (Å²) in [4.78, 5) is 0.0189. The molecule has 0 aliphatic rings. The van der Waals surface area contributed by atoms with E-state index in [1.807, 2.05) is 0 Å². The molecule has 0 radical (unpaired) electrons. The molecule has 0 fully saturated rings. The Hall–Kier alpha value is -1.08. The minimum Gasteiger partial charge on any atom is -0.227 e. The maximum atomic E-state index is 12.3. The van der Waals surface area contributed by atoms with E-state index >= 15 is 0 Å². The maximum absolute atomic E-state index is 12.3. The van der Waals surface area contributed by atoms with Gasteiger partial charge in [0.2, 0.25) is 0 Å². The second kappa shape index (κ2) is 5.73. The van der Waals surface area contributed by atoms with Crippen LogP contribution in [0.15, 0.2) is 68.2 Å². The van der Waals surface area contributed by atoms with E-state index < -0.39 is 19.0 Å². The molecule has 0 aromatic heterocycles. The number of nitrogens with zero attached hydrogens (tertiary/aromatic N) is 1. The first-order chi connectivity index (χ1) is 9.31. The van der Waals surface area contributed by atoms with Crippen LogP contribution < -0.4 is 0 Å². The van der Waals surface area contributed by atoms with Gasteiger partial charge in [0.15, 0.2) is 8.94 Å². The van der Waals surface area contributed by atoms with Gasteiger partial charge < -0.3 is 0 Å².